The number of amides is 1. The number of hydrogen-bond acceptors (Lipinski definition) is 6. The molecular weight excluding hydrogens is 538 g/mol. The lowest BCUT2D eigenvalue weighted by Crippen LogP contribution is -2.29. The molecule has 202 valence electrons. The van der Waals surface area contributed by atoms with E-state index in [1.54, 1.807) is 36.4 Å². The van der Waals surface area contributed by atoms with Crippen LogP contribution in [-0.2, 0) is 26.6 Å². The Morgan fingerprint density at radius 1 is 0.769 bits per heavy atom. The Balaban J connectivity index is 1.43. The lowest BCUT2D eigenvalue weighted by Gasteiger charge is -2.22. The number of methoxy groups -OCH3 is 1. The first kappa shape index (κ1) is 27.7. The maximum atomic E-state index is 12.8. The van der Waals surface area contributed by atoms with Gasteiger partial charge >= 0.3 is 0 Å². The van der Waals surface area contributed by atoms with Crippen LogP contribution in [0.1, 0.15) is 15.9 Å². The minimum Gasteiger partial charge on any atom is -0.497 e. The summed E-state index contributed by atoms with van der Waals surface area (Å²) in [5, 5.41) is 2.72. The molecule has 4 aromatic rings. The first-order valence-electron chi connectivity index (χ1n) is 11.8. The number of carbonyl (C=O) groups is 1. The second kappa shape index (κ2) is 11.6. The molecule has 0 bridgehead atoms. The fraction of sp³-hybridized carbons (Fsp3) is 0.107. The van der Waals surface area contributed by atoms with Crippen LogP contribution in [0.2, 0.25) is 0 Å². The SMILES string of the molecule is COc1ccc(NS(=O)(=O)c2ccc(NC(=O)c3ccc(N(Cc4ccccc4)S(C)(=O)=O)cc3)cc2)cc1. The highest BCUT2D eigenvalue weighted by molar-refractivity contribution is 7.92. The maximum Gasteiger partial charge on any atom is 0.261 e. The Kier molecular flexibility index (Phi) is 8.22. The molecule has 0 aliphatic rings. The highest BCUT2D eigenvalue weighted by atomic mass is 32.2. The maximum absolute atomic E-state index is 12.8. The molecule has 1 amide bonds. The van der Waals surface area contributed by atoms with Crippen LogP contribution in [0.3, 0.4) is 0 Å². The van der Waals surface area contributed by atoms with Gasteiger partial charge in [-0.3, -0.25) is 13.8 Å². The van der Waals surface area contributed by atoms with Crippen molar-refractivity contribution in [1.29, 1.82) is 0 Å². The molecule has 2 N–H and O–H groups in total. The fourth-order valence-corrected chi connectivity index (χ4v) is 5.67. The molecule has 0 radical (unpaired) electrons. The first-order chi connectivity index (χ1) is 18.5. The highest BCUT2D eigenvalue weighted by Gasteiger charge is 2.19. The third kappa shape index (κ3) is 7.15. The van der Waals surface area contributed by atoms with Gasteiger partial charge in [-0.25, -0.2) is 16.8 Å². The van der Waals surface area contributed by atoms with Crippen molar-refractivity contribution in [2.45, 2.75) is 11.4 Å². The van der Waals surface area contributed by atoms with E-state index in [0.29, 0.717) is 28.4 Å². The average molecular weight is 566 g/mol. The molecule has 4 aromatic carbocycles. The van der Waals surface area contributed by atoms with Crippen LogP contribution >= 0.6 is 0 Å². The van der Waals surface area contributed by atoms with Gasteiger partial charge in [-0.15, -0.1) is 0 Å². The number of hydrogen-bond donors (Lipinski definition) is 2. The zero-order valence-electron chi connectivity index (χ0n) is 21.2. The lowest BCUT2D eigenvalue weighted by atomic mass is 10.1. The average Bonchev–Trinajstić information content (AvgIpc) is 2.92. The van der Waals surface area contributed by atoms with Crippen molar-refractivity contribution in [3.63, 3.8) is 0 Å². The van der Waals surface area contributed by atoms with Gasteiger partial charge in [0.05, 0.1) is 30.5 Å². The van der Waals surface area contributed by atoms with Crippen LogP contribution in [0.4, 0.5) is 17.1 Å². The van der Waals surface area contributed by atoms with Gasteiger partial charge in [-0.1, -0.05) is 30.3 Å². The van der Waals surface area contributed by atoms with E-state index in [1.807, 2.05) is 30.3 Å². The standard InChI is InChI=1S/C28H27N3O6S2/c1-37-26-16-10-24(11-17-26)30-39(35,36)27-18-12-23(13-19-27)29-28(32)22-8-14-25(15-9-22)31(38(2,33)34)20-21-6-4-3-5-7-21/h3-19,30H,20H2,1-2H3,(H,29,32). The van der Waals surface area contributed by atoms with Gasteiger partial charge in [0.25, 0.3) is 15.9 Å². The van der Waals surface area contributed by atoms with Gasteiger partial charge in [0.1, 0.15) is 5.75 Å². The number of carbonyl (C=O) groups excluding carboxylic acids is 1. The summed E-state index contributed by atoms with van der Waals surface area (Å²) in [6, 6.07) is 27.6. The molecule has 0 heterocycles. The molecule has 0 saturated carbocycles. The number of benzene rings is 4. The summed E-state index contributed by atoms with van der Waals surface area (Å²) < 4.78 is 59.1. The summed E-state index contributed by atoms with van der Waals surface area (Å²) in [4.78, 5) is 12.8. The summed E-state index contributed by atoms with van der Waals surface area (Å²) in [7, 11) is -5.88. The van der Waals surface area contributed by atoms with Crippen LogP contribution in [0.15, 0.2) is 108 Å². The van der Waals surface area contributed by atoms with Crippen LogP contribution in [-0.4, -0.2) is 36.1 Å². The second-order valence-electron chi connectivity index (χ2n) is 8.61. The molecule has 0 aliphatic heterocycles. The summed E-state index contributed by atoms with van der Waals surface area (Å²) in [5.74, 6) is 0.176. The number of anilines is 3. The summed E-state index contributed by atoms with van der Waals surface area (Å²) in [5.41, 5.74) is 2.35. The number of nitrogens with zero attached hydrogens (tertiary/aromatic N) is 1. The van der Waals surface area contributed by atoms with Crippen molar-refractivity contribution in [2.24, 2.45) is 0 Å². The Morgan fingerprint density at radius 3 is 1.92 bits per heavy atom. The monoisotopic (exact) mass is 565 g/mol. The van der Waals surface area contributed by atoms with Crippen LogP contribution < -0.4 is 19.1 Å². The van der Waals surface area contributed by atoms with Crippen molar-refractivity contribution in [1.82, 2.24) is 0 Å². The minimum atomic E-state index is -3.84. The van der Waals surface area contributed by atoms with E-state index in [0.717, 1.165) is 11.8 Å². The van der Waals surface area contributed by atoms with Gasteiger partial charge < -0.3 is 10.1 Å². The van der Waals surface area contributed by atoms with E-state index in [1.165, 1.54) is 47.8 Å². The molecule has 0 unspecified atom stereocenters. The molecule has 11 heteroatoms. The van der Waals surface area contributed by atoms with Crippen molar-refractivity contribution >= 4 is 43.0 Å². The molecule has 39 heavy (non-hydrogen) atoms. The Hall–Kier alpha value is -4.35. The molecule has 0 saturated heterocycles. The summed E-state index contributed by atoms with van der Waals surface area (Å²) >= 11 is 0. The highest BCUT2D eigenvalue weighted by Crippen LogP contribution is 2.23. The molecule has 0 spiro atoms. The van der Waals surface area contributed by atoms with Crippen LogP contribution in [0, 0.1) is 0 Å². The largest absolute Gasteiger partial charge is 0.497 e. The molecule has 4 rings (SSSR count). The Labute approximate surface area is 228 Å². The van der Waals surface area contributed by atoms with Gasteiger partial charge in [0.2, 0.25) is 10.0 Å². The van der Waals surface area contributed by atoms with Gasteiger partial charge in [0.15, 0.2) is 0 Å². The smallest absolute Gasteiger partial charge is 0.261 e. The fourth-order valence-electron chi connectivity index (χ4n) is 3.72. The topological polar surface area (TPSA) is 122 Å². The van der Waals surface area contributed by atoms with Crippen molar-refractivity contribution in [2.75, 3.05) is 27.7 Å². The quantitative estimate of drug-likeness (QED) is 0.287. The Morgan fingerprint density at radius 2 is 1.36 bits per heavy atom. The summed E-state index contributed by atoms with van der Waals surface area (Å²) in [6.07, 6.45) is 1.13. The van der Waals surface area contributed by atoms with E-state index in [9.17, 15) is 21.6 Å². The zero-order chi connectivity index (χ0) is 28.0. The third-order valence-electron chi connectivity index (χ3n) is 5.75. The lowest BCUT2D eigenvalue weighted by molar-refractivity contribution is 0.102. The third-order valence-corrected chi connectivity index (χ3v) is 8.29. The normalized spacial score (nSPS) is 11.4. The second-order valence-corrected chi connectivity index (χ2v) is 12.2. The number of nitrogens with one attached hydrogen (secondary N) is 2. The van der Waals surface area contributed by atoms with E-state index in [-0.39, 0.29) is 11.4 Å². The molecule has 0 fully saturated rings. The molecule has 0 atom stereocenters. The predicted molar refractivity (Wildman–Crippen MR) is 152 cm³/mol. The molecule has 9 nitrogen and oxygen atoms in total. The molecule has 0 aliphatic carbocycles. The van der Waals surface area contributed by atoms with Crippen molar-refractivity contribution < 1.29 is 26.4 Å². The zero-order valence-corrected chi connectivity index (χ0v) is 22.9. The van der Waals surface area contributed by atoms with E-state index in [4.69, 9.17) is 4.74 Å². The van der Waals surface area contributed by atoms with Crippen molar-refractivity contribution in [3.8, 4) is 5.75 Å². The van der Waals surface area contributed by atoms with Crippen molar-refractivity contribution in [3.05, 3.63) is 114 Å². The van der Waals surface area contributed by atoms with E-state index in [2.05, 4.69) is 10.0 Å². The number of sulfonamides is 2. The van der Waals surface area contributed by atoms with Gasteiger partial charge in [-0.05, 0) is 78.4 Å². The van der Waals surface area contributed by atoms with Crippen LogP contribution in [0.25, 0.3) is 0 Å². The summed E-state index contributed by atoms with van der Waals surface area (Å²) in [6.45, 7) is 0.161. The predicted octanol–water partition coefficient (Wildman–Crippen LogP) is 4.71. The number of rotatable bonds is 10. The minimum absolute atomic E-state index is 0.0277. The Bertz CT molecular complexity index is 1640. The molecule has 0 aromatic heterocycles. The van der Waals surface area contributed by atoms with Gasteiger partial charge in [0, 0.05) is 16.9 Å². The van der Waals surface area contributed by atoms with E-state index >= 15 is 0 Å². The first-order valence-corrected chi connectivity index (χ1v) is 15.1. The van der Waals surface area contributed by atoms with E-state index < -0.39 is 26.0 Å². The van der Waals surface area contributed by atoms with Gasteiger partial charge in [-0.2, -0.15) is 0 Å². The number of ether oxygens (including phenoxy) is 1. The molecular formula is C28H27N3O6S2. The van der Waals surface area contributed by atoms with Crippen LogP contribution in [0.5, 0.6) is 5.75 Å².